The molecule has 0 aliphatic heterocycles. The van der Waals surface area contributed by atoms with Crippen LogP contribution in [0.5, 0.6) is 0 Å². The van der Waals surface area contributed by atoms with Gasteiger partial charge >= 0.3 is 0 Å². The quantitative estimate of drug-likeness (QED) is 0.595. The summed E-state index contributed by atoms with van der Waals surface area (Å²) in [5.74, 6) is 0.642. The molecule has 0 bridgehead atoms. The lowest BCUT2D eigenvalue weighted by molar-refractivity contribution is -0.127. The van der Waals surface area contributed by atoms with Crippen LogP contribution in [0.25, 0.3) is 0 Å². The molecular weight excluding hydrogens is 324 g/mol. The molecule has 0 aliphatic rings. The third kappa shape index (κ3) is 6.24. The van der Waals surface area contributed by atoms with Crippen molar-refractivity contribution in [3.8, 4) is 0 Å². The number of benzene rings is 2. The van der Waals surface area contributed by atoms with Gasteiger partial charge in [-0.2, -0.15) is 0 Å². The highest BCUT2D eigenvalue weighted by molar-refractivity contribution is 5.86. The average Bonchev–Trinajstić information content (AvgIpc) is 2.68. The number of hydrogen-bond donors (Lipinski definition) is 2. The molecule has 26 heavy (non-hydrogen) atoms. The van der Waals surface area contributed by atoms with E-state index >= 15 is 0 Å². The molecule has 0 unspecified atom stereocenters. The third-order valence-corrected chi connectivity index (χ3v) is 4.11. The fourth-order valence-corrected chi connectivity index (χ4v) is 2.50. The molecule has 0 radical (unpaired) electrons. The van der Waals surface area contributed by atoms with Crippen LogP contribution in [0.2, 0.25) is 0 Å². The van der Waals surface area contributed by atoms with Gasteiger partial charge in [0, 0.05) is 20.6 Å². The zero-order chi connectivity index (χ0) is 18.8. The Morgan fingerprint density at radius 3 is 2.27 bits per heavy atom. The van der Waals surface area contributed by atoms with Crippen LogP contribution in [-0.4, -0.2) is 37.4 Å². The number of rotatable bonds is 7. The maximum absolute atomic E-state index is 11.9. The summed E-state index contributed by atoms with van der Waals surface area (Å²) in [5, 5.41) is 6.47. The number of carbonyl (C=O) groups excluding carboxylic acids is 1. The van der Waals surface area contributed by atoms with Gasteiger partial charge < -0.3 is 15.5 Å². The monoisotopic (exact) mass is 352 g/mol. The highest BCUT2D eigenvalue weighted by Gasteiger charge is 2.07. The summed E-state index contributed by atoms with van der Waals surface area (Å²) in [6.45, 7) is 3.59. The van der Waals surface area contributed by atoms with Gasteiger partial charge in [-0.1, -0.05) is 61.5 Å². The predicted molar refractivity (Wildman–Crippen MR) is 107 cm³/mol. The van der Waals surface area contributed by atoms with Crippen LogP contribution in [0.3, 0.4) is 0 Å². The Bertz CT molecular complexity index is 726. The molecule has 0 atom stereocenters. The molecule has 2 aromatic rings. The summed E-state index contributed by atoms with van der Waals surface area (Å²) < 4.78 is 0. The second-order valence-electron chi connectivity index (χ2n) is 6.27. The number of nitrogens with one attached hydrogen (secondary N) is 2. The highest BCUT2D eigenvalue weighted by Crippen LogP contribution is 2.09. The van der Waals surface area contributed by atoms with Gasteiger partial charge in [0.2, 0.25) is 5.91 Å². The van der Waals surface area contributed by atoms with Crippen LogP contribution in [0, 0.1) is 0 Å². The zero-order valence-electron chi connectivity index (χ0n) is 15.8. The number of likely N-dealkylation sites (N-methyl/N-ethyl adjacent to an activating group) is 1. The summed E-state index contributed by atoms with van der Waals surface area (Å²) in [6, 6.07) is 18.4. The Kier molecular flexibility index (Phi) is 7.68. The lowest BCUT2D eigenvalue weighted by Crippen LogP contribution is -2.42. The normalized spacial score (nSPS) is 11.1. The van der Waals surface area contributed by atoms with Gasteiger partial charge in [-0.25, -0.2) is 4.99 Å². The van der Waals surface area contributed by atoms with Crippen molar-refractivity contribution in [3.05, 3.63) is 71.3 Å². The van der Waals surface area contributed by atoms with Crippen molar-refractivity contribution in [3.63, 3.8) is 0 Å². The van der Waals surface area contributed by atoms with Crippen LogP contribution in [0.15, 0.2) is 59.6 Å². The molecule has 0 aliphatic carbocycles. The van der Waals surface area contributed by atoms with E-state index in [1.165, 1.54) is 11.1 Å². The molecule has 5 nitrogen and oxygen atoms in total. The second kappa shape index (κ2) is 10.2. The van der Waals surface area contributed by atoms with Gasteiger partial charge in [-0.3, -0.25) is 4.79 Å². The maximum atomic E-state index is 11.9. The van der Waals surface area contributed by atoms with Crippen molar-refractivity contribution < 1.29 is 4.79 Å². The van der Waals surface area contributed by atoms with E-state index in [9.17, 15) is 4.79 Å². The van der Waals surface area contributed by atoms with Crippen molar-refractivity contribution in [1.29, 1.82) is 0 Å². The number of nitrogens with zero attached hydrogens (tertiary/aromatic N) is 2. The molecule has 5 heteroatoms. The lowest BCUT2D eigenvalue weighted by atomic mass is 10.1. The third-order valence-electron chi connectivity index (χ3n) is 4.11. The number of amides is 1. The van der Waals surface area contributed by atoms with E-state index in [2.05, 4.69) is 40.7 Å². The maximum Gasteiger partial charge on any atom is 0.241 e. The van der Waals surface area contributed by atoms with Crippen molar-refractivity contribution >= 4 is 11.9 Å². The largest absolute Gasteiger partial charge is 0.352 e. The van der Waals surface area contributed by atoms with Gasteiger partial charge in [0.25, 0.3) is 0 Å². The van der Waals surface area contributed by atoms with E-state index in [0.29, 0.717) is 19.0 Å². The zero-order valence-corrected chi connectivity index (χ0v) is 15.8. The van der Waals surface area contributed by atoms with Gasteiger partial charge in [0.15, 0.2) is 5.96 Å². The molecular formula is C21H28N4O. The predicted octanol–water partition coefficient (Wildman–Crippen LogP) is 2.57. The lowest BCUT2D eigenvalue weighted by Gasteiger charge is -2.16. The summed E-state index contributed by atoms with van der Waals surface area (Å²) in [6.07, 6.45) is 0.987. The first-order valence-electron chi connectivity index (χ1n) is 8.93. The topological polar surface area (TPSA) is 56.7 Å². The van der Waals surface area contributed by atoms with E-state index in [1.54, 1.807) is 19.0 Å². The minimum atomic E-state index is 0.00756. The second-order valence-corrected chi connectivity index (χ2v) is 6.27. The molecule has 0 saturated heterocycles. The van der Waals surface area contributed by atoms with E-state index in [0.717, 1.165) is 12.0 Å². The van der Waals surface area contributed by atoms with E-state index in [-0.39, 0.29) is 12.5 Å². The Labute approximate surface area is 156 Å². The molecule has 0 aromatic heterocycles. The van der Waals surface area contributed by atoms with Gasteiger partial charge in [0.1, 0.15) is 0 Å². The van der Waals surface area contributed by atoms with Gasteiger partial charge in [-0.15, -0.1) is 0 Å². The molecule has 0 heterocycles. The van der Waals surface area contributed by atoms with Crippen LogP contribution in [0.4, 0.5) is 0 Å². The first-order chi connectivity index (χ1) is 12.6. The SMILES string of the molecule is CCc1ccccc1CNC(=NCc1ccccc1)NCC(=O)N(C)C. The van der Waals surface area contributed by atoms with Crippen LogP contribution >= 0.6 is 0 Å². The summed E-state index contributed by atoms with van der Waals surface area (Å²) in [4.78, 5) is 18.1. The van der Waals surface area contributed by atoms with Crippen molar-refractivity contribution in [2.75, 3.05) is 20.6 Å². The van der Waals surface area contributed by atoms with Crippen molar-refractivity contribution in [2.24, 2.45) is 4.99 Å². The fraction of sp³-hybridized carbons (Fsp3) is 0.333. The van der Waals surface area contributed by atoms with Crippen LogP contribution < -0.4 is 10.6 Å². The van der Waals surface area contributed by atoms with Crippen molar-refractivity contribution in [2.45, 2.75) is 26.4 Å². The Morgan fingerprint density at radius 1 is 0.962 bits per heavy atom. The van der Waals surface area contributed by atoms with Gasteiger partial charge in [-0.05, 0) is 23.1 Å². The molecule has 0 fully saturated rings. The summed E-state index contributed by atoms with van der Waals surface area (Å²) >= 11 is 0. The highest BCUT2D eigenvalue weighted by atomic mass is 16.2. The Morgan fingerprint density at radius 2 is 1.62 bits per heavy atom. The Hall–Kier alpha value is -2.82. The average molecular weight is 352 g/mol. The summed E-state index contributed by atoms with van der Waals surface area (Å²) in [7, 11) is 3.49. The number of aryl methyl sites for hydroxylation is 1. The van der Waals surface area contributed by atoms with Crippen molar-refractivity contribution in [1.82, 2.24) is 15.5 Å². The Balaban J connectivity index is 2.05. The molecule has 2 rings (SSSR count). The van der Waals surface area contributed by atoms with E-state index in [4.69, 9.17) is 0 Å². The van der Waals surface area contributed by atoms with Crippen LogP contribution in [0.1, 0.15) is 23.6 Å². The smallest absolute Gasteiger partial charge is 0.241 e. The molecule has 2 aromatic carbocycles. The molecule has 0 spiro atoms. The van der Waals surface area contributed by atoms with Gasteiger partial charge in [0.05, 0.1) is 13.1 Å². The first-order valence-corrected chi connectivity index (χ1v) is 8.93. The van der Waals surface area contributed by atoms with E-state index in [1.807, 2.05) is 36.4 Å². The molecule has 138 valence electrons. The number of hydrogen-bond acceptors (Lipinski definition) is 2. The number of carbonyl (C=O) groups is 1. The molecule has 1 amide bonds. The van der Waals surface area contributed by atoms with Crippen LogP contribution in [-0.2, 0) is 24.3 Å². The minimum Gasteiger partial charge on any atom is -0.352 e. The standard InChI is InChI=1S/C21H28N4O/c1-4-18-12-8-9-13-19(18)15-23-21(24-16-20(26)25(2)3)22-14-17-10-6-5-7-11-17/h5-13H,4,14-16H2,1-3H3,(H2,22,23,24). The molecule has 2 N–H and O–H groups in total. The van der Waals surface area contributed by atoms with E-state index < -0.39 is 0 Å². The number of aliphatic imine (C=N–C) groups is 1. The first kappa shape index (κ1) is 19.5. The number of guanidine groups is 1. The summed E-state index contributed by atoms with van der Waals surface area (Å²) in [5.41, 5.74) is 3.68. The fourth-order valence-electron chi connectivity index (χ4n) is 2.50. The minimum absolute atomic E-state index is 0.00756. The molecule has 0 saturated carbocycles.